The Kier molecular flexibility index (Phi) is 11.5. The van der Waals surface area contributed by atoms with Crippen LogP contribution in [0.2, 0.25) is 0 Å². The molecule has 3 aromatic rings. The van der Waals surface area contributed by atoms with Gasteiger partial charge in [-0.2, -0.15) is 9.97 Å². The number of methoxy groups -OCH3 is 1. The maximum absolute atomic E-state index is 12.8. The lowest BCUT2D eigenvalue weighted by atomic mass is 10.0. The average molecular weight is 570 g/mol. The van der Waals surface area contributed by atoms with E-state index >= 15 is 0 Å². The van der Waals surface area contributed by atoms with Crippen LogP contribution in [-0.2, 0) is 33.8 Å². The molecule has 0 amide bonds. The maximum Gasteiger partial charge on any atom is 0.327 e. The van der Waals surface area contributed by atoms with Gasteiger partial charge in [-0.3, -0.25) is 14.3 Å². The van der Waals surface area contributed by atoms with Gasteiger partial charge in [-0.25, -0.2) is 4.79 Å². The number of nitrogen functional groups attached to an aromatic ring is 1. The number of rotatable bonds is 16. The lowest BCUT2D eigenvalue weighted by Gasteiger charge is -2.29. The second-order valence-corrected chi connectivity index (χ2v) is 10.4. The number of ether oxygens (including phenoxy) is 3. The summed E-state index contributed by atoms with van der Waals surface area (Å²) in [6.45, 7) is 8.14. The Morgan fingerprint density at radius 3 is 2.76 bits per heavy atom. The highest BCUT2D eigenvalue weighted by Crippen LogP contribution is 2.19. The molecule has 41 heavy (non-hydrogen) atoms. The molecule has 3 heterocycles. The summed E-state index contributed by atoms with van der Waals surface area (Å²) < 4.78 is 17.6. The van der Waals surface area contributed by atoms with Crippen molar-refractivity contribution in [3.63, 3.8) is 0 Å². The highest BCUT2D eigenvalue weighted by Gasteiger charge is 2.17. The number of benzene rings is 1. The van der Waals surface area contributed by atoms with Crippen molar-refractivity contribution in [2.75, 3.05) is 52.3 Å². The average Bonchev–Trinajstić information content (AvgIpc) is 3.30. The highest BCUT2D eigenvalue weighted by molar-refractivity contribution is 5.81. The third-order valence-corrected chi connectivity index (χ3v) is 7.35. The summed E-state index contributed by atoms with van der Waals surface area (Å²) in [5, 5.41) is 3.71. The van der Waals surface area contributed by atoms with E-state index in [0.29, 0.717) is 30.9 Å². The van der Waals surface area contributed by atoms with Crippen LogP contribution in [-0.4, -0.2) is 83.0 Å². The molecule has 0 aliphatic carbocycles. The van der Waals surface area contributed by atoms with Crippen molar-refractivity contribution in [3.05, 3.63) is 45.9 Å². The lowest BCUT2D eigenvalue weighted by molar-refractivity contribution is -0.139. The van der Waals surface area contributed by atoms with E-state index in [1.54, 1.807) is 4.57 Å². The SMILES string of the molecule is CCCCOc1nc(N)c2[nH]c(=O)n(CCCC(CCN3CCOCC3)NCc3cccc(CC(=O)OC)c3)c2n1. The number of carbonyl (C=O) groups is 1. The van der Waals surface area contributed by atoms with E-state index < -0.39 is 0 Å². The Bertz CT molecular complexity index is 1320. The molecule has 1 aliphatic rings. The number of fused-ring (bicyclic) bond motifs is 1. The fraction of sp³-hybridized carbons (Fsp3) is 0.586. The van der Waals surface area contributed by atoms with Crippen molar-refractivity contribution in [1.29, 1.82) is 0 Å². The Hall–Kier alpha value is -3.48. The monoisotopic (exact) mass is 569 g/mol. The fourth-order valence-electron chi connectivity index (χ4n) is 4.97. The molecular weight excluding hydrogens is 526 g/mol. The number of H-pyrrole nitrogens is 1. The van der Waals surface area contributed by atoms with Crippen molar-refractivity contribution < 1.29 is 19.0 Å². The second-order valence-electron chi connectivity index (χ2n) is 10.4. The van der Waals surface area contributed by atoms with Crippen molar-refractivity contribution in [3.8, 4) is 6.01 Å². The van der Waals surface area contributed by atoms with Gasteiger partial charge in [-0.05, 0) is 43.4 Å². The number of nitrogens with one attached hydrogen (secondary N) is 2. The van der Waals surface area contributed by atoms with Gasteiger partial charge in [0.2, 0.25) is 0 Å². The molecule has 12 nitrogen and oxygen atoms in total. The molecule has 4 rings (SSSR count). The normalized spacial score (nSPS) is 14.8. The first-order valence-corrected chi connectivity index (χ1v) is 14.5. The Balaban J connectivity index is 1.40. The summed E-state index contributed by atoms with van der Waals surface area (Å²) in [5.41, 5.74) is 8.79. The summed E-state index contributed by atoms with van der Waals surface area (Å²) >= 11 is 0. The van der Waals surface area contributed by atoms with E-state index in [1.165, 1.54) is 7.11 Å². The number of hydrogen-bond acceptors (Lipinski definition) is 10. The number of anilines is 1. The van der Waals surface area contributed by atoms with Gasteiger partial charge >= 0.3 is 17.7 Å². The molecule has 1 aromatic carbocycles. The van der Waals surface area contributed by atoms with Gasteiger partial charge in [-0.1, -0.05) is 37.6 Å². The first-order chi connectivity index (χ1) is 20.0. The van der Waals surface area contributed by atoms with E-state index in [0.717, 1.165) is 76.1 Å². The van der Waals surface area contributed by atoms with Crippen LogP contribution in [0.1, 0.15) is 50.2 Å². The first kappa shape index (κ1) is 30.5. The van der Waals surface area contributed by atoms with Gasteiger partial charge in [0.05, 0.1) is 33.4 Å². The zero-order valence-electron chi connectivity index (χ0n) is 24.2. The summed E-state index contributed by atoms with van der Waals surface area (Å²) in [5.74, 6) is -0.0467. The van der Waals surface area contributed by atoms with Gasteiger partial charge in [0.25, 0.3) is 0 Å². The van der Waals surface area contributed by atoms with Crippen LogP contribution in [0.25, 0.3) is 11.2 Å². The quantitative estimate of drug-likeness (QED) is 0.173. The third-order valence-electron chi connectivity index (χ3n) is 7.35. The van der Waals surface area contributed by atoms with Crippen LogP contribution >= 0.6 is 0 Å². The molecular formula is C29H43N7O5. The molecule has 1 atom stereocenters. The van der Waals surface area contributed by atoms with Gasteiger partial charge < -0.3 is 30.2 Å². The molecule has 12 heteroatoms. The molecule has 2 aromatic heterocycles. The number of esters is 1. The Labute approximate surface area is 240 Å². The van der Waals surface area contributed by atoms with Gasteiger partial charge in [-0.15, -0.1) is 0 Å². The Morgan fingerprint density at radius 1 is 1.17 bits per heavy atom. The van der Waals surface area contributed by atoms with Crippen LogP contribution in [0, 0.1) is 0 Å². The molecule has 0 bridgehead atoms. The number of aromatic nitrogens is 4. The first-order valence-electron chi connectivity index (χ1n) is 14.5. The zero-order chi connectivity index (χ0) is 29.0. The van der Waals surface area contributed by atoms with Gasteiger partial charge in [0.15, 0.2) is 11.5 Å². The predicted octanol–water partition coefficient (Wildman–Crippen LogP) is 2.26. The molecule has 0 radical (unpaired) electrons. The minimum Gasteiger partial charge on any atom is -0.469 e. The zero-order valence-corrected chi connectivity index (χ0v) is 24.2. The van der Waals surface area contributed by atoms with Crippen molar-refractivity contribution in [1.82, 2.24) is 29.7 Å². The second kappa shape index (κ2) is 15.5. The topological polar surface area (TPSA) is 150 Å². The van der Waals surface area contributed by atoms with E-state index in [9.17, 15) is 9.59 Å². The molecule has 1 saturated heterocycles. The van der Waals surface area contributed by atoms with Crippen LogP contribution < -0.4 is 21.5 Å². The number of carbonyl (C=O) groups excluding carboxylic acids is 1. The number of hydrogen-bond donors (Lipinski definition) is 3. The summed E-state index contributed by atoms with van der Waals surface area (Å²) in [7, 11) is 1.40. The van der Waals surface area contributed by atoms with E-state index in [1.807, 2.05) is 18.2 Å². The predicted molar refractivity (Wildman–Crippen MR) is 157 cm³/mol. The highest BCUT2D eigenvalue weighted by atomic mass is 16.5. The maximum atomic E-state index is 12.8. The van der Waals surface area contributed by atoms with Crippen molar-refractivity contribution in [2.45, 2.75) is 64.6 Å². The summed E-state index contributed by atoms with van der Waals surface area (Å²) in [6.07, 6.45) is 4.73. The van der Waals surface area contributed by atoms with Crippen molar-refractivity contribution >= 4 is 23.0 Å². The fourth-order valence-corrected chi connectivity index (χ4v) is 4.97. The molecule has 0 spiro atoms. The number of aromatic amines is 1. The van der Waals surface area contributed by atoms with Crippen LogP contribution in [0.5, 0.6) is 6.01 Å². The number of nitrogens with zero attached hydrogens (tertiary/aromatic N) is 4. The largest absolute Gasteiger partial charge is 0.469 e. The number of morpholine rings is 1. The van der Waals surface area contributed by atoms with E-state index in [2.05, 4.69) is 38.2 Å². The number of unbranched alkanes of at least 4 members (excludes halogenated alkanes) is 1. The summed E-state index contributed by atoms with van der Waals surface area (Å²) in [4.78, 5) is 38.4. The van der Waals surface area contributed by atoms with Crippen LogP contribution in [0.15, 0.2) is 29.1 Å². The minimum atomic E-state index is -0.257. The smallest absolute Gasteiger partial charge is 0.327 e. The lowest BCUT2D eigenvalue weighted by Crippen LogP contribution is -2.40. The summed E-state index contributed by atoms with van der Waals surface area (Å²) in [6, 6.07) is 8.42. The number of aryl methyl sites for hydroxylation is 1. The molecule has 1 aliphatic heterocycles. The van der Waals surface area contributed by atoms with Crippen LogP contribution in [0.4, 0.5) is 5.82 Å². The molecule has 224 valence electrons. The van der Waals surface area contributed by atoms with Crippen molar-refractivity contribution in [2.24, 2.45) is 0 Å². The Morgan fingerprint density at radius 2 is 1.98 bits per heavy atom. The van der Waals surface area contributed by atoms with Crippen LogP contribution in [0.3, 0.4) is 0 Å². The molecule has 1 fully saturated rings. The standard InChI is InChI=1S/C29H43N7O5/c1-3-4-15-41-28-33-26(30)25-27(34-28)36(29(38)32-25)11-6-9-23(10-12-35-13-16-40-17-14-35)31-20-22-8-5-7-21(18-22)19-24(37)39-2/h5,7-8,18,23,31H,3-4,6,9-17,19-20H2,1-2H3,(H,32,38)(H2,30,33,34). The molecule has 4 N–H and O–H groups in total. The minimum absolute atomic E-state index is 0.190. The molecule has 1 unspecified atom stereocenters. The third kappa shape index (κ3) is 9.00. The number of imidazole rings is 1. The van der Waals surface area contributed by atoms with E-state index in [-0.39, 0.29) is 36.0 Å². The number of nitrogens with two attached hydrogens (primary N) is 1. The van der Waals surface area contributed by atoms with Gasteiger partial charge in [0, 0.05) is 32.2 Å². The molecule has 0 saturated carbocycles. The van der Waals surface area contributed by atoms with E-state index in [4.69, 9.17) is 19.9 Å². The van der Waals surface area contributed by atoms with Gasteiger partial charge in [0.1, 0.15) is 5.52 Å².